The minimum atomic E-state index is -1.08. The molecule has 2 heterocycles. The Hall–Kier alpha value is -1.93. The summed E-state index contributed by atoms with van der Waals surface area (Å²) in [5.74, 6) is -1.31. The number of aliphatic hydroxyl groups is 1. The van der Waals surface area contributed by atoms with Crippen LogP contribution in [0.15, 0.2) is 12.2 Å². The molecule has 2 amide bonds. The highest BCUT2D eigenvalue weighted by molar-refractivity contribution is 5.96. The number of amides is 2. The van der Waals surface area contributed by atoms with Crippen LogP contribution in [0.25, 0.3) is 0 Å². The number of nitrogens with one attached hydrogen (secondary N) is 1. The maximum atomic E-state index is 13.0. The number of carbonyl (C=O) groups excluding carboxylic acids is 3. The summed E-state index contributed by atoms with van der Waals surface area (Å²) in [6, 6.07) is -1.51. The molecule has 156 valence electrons. The minimum Gasteiger partial charge on any atom is -0.464 e. The molecule has 1 saturated carbocycles. The van der Waals surface area contributed by atoms with Gasteiger partial charge in [-0.25, -0.2) is 4.79 Å². The quantitative estimate of drug-likeness (QED) is 0.456. The summed E-state index contributed by atoms with van der Waals surface area (Å²) in [5.41, 5.74) is 4.99. The van der Waals surface area contributed by atoms with Crippen molar-refractivity contribution in [3.05, 3.63) is 12.2 Å². The molecule has 2 aliphatic heterocycles. The lowest BCUT2D eigenvalue weighted by Crippen LogP contribution is -2.55. The molecule has 0 aromatic heterocycles. The summed E-state index contributed by atoms with van der Waals surface area (Å²) in [7, 11) is 0. The molecule has 0 spiro atoms. The third-order valence-corrected chi connectivity index (χ3v) is 5.94. The topological polar surface area (TPSA) is 122 Å². The van der Waals surface area contributed by atoms with Crippen LogP contribution in [0.4, 0.5) is 0 Å². The van der Waals surface area contributed by atoms with Crippen molar-refractivity contribution in [2.75, 3.05) is 13.2 Å². The number of nitrogens with zero attached hydrogens (tertiary/aromatic N) is 1. The number of allylic oxidation sites excluding steroid dienone is 1. The predicted molar refractivity (Wildman–Crippen MR) is 102 cm³/mol. The first-order valence-electron chi connectivity index (χ1n) is 10.3. The van der Waals surface area contributed by atoms with E-state index in [0.717, 1.165) is 25.7 Å². The first-order chi connectivity index (χ1) is 13.4. The van der Waals surface area contributed by atoms with E-state index < -0.39 is 35.6 Å². The fourth-order valence-electron chi connectivity index (χ4n) is 4.22. The first kappa shape index (κ1) is 20.8. The monoisotopic (exact) mass is 393 g/mol. The molecule has 0 aromatic rings. The zero-order chi connectivity index (χ0) is 20.3. The van der Waals surface area contributed by atoms with Gasteiger partial charge in [-0.3, -0.25) is 9.59 Å². The molecule has 4 N–H and O–H groups in total. The lowest BCUT2D eigenvalue weighted by atomic mass is 10.1. The van der Waals surface area contributed by atoms with Gasteiger partial charge in [-0.1, -0.05) is 25.0 Å². The van der Waals surface area contributed by atoms with E-state index in [-0.39, 0.29) is 31.4 Å². The van der Waals surface area contributed by atoms with Crippen molar-refractivity contribution in [2.24, 2.45) is 11.7 Å². The molecule has 0 bridgehead atoms. The summed E-state index contributed by atoms with van der Waals surface area (Å²) in [6.07, 6.45) is 8.09. The van der Waals surface area contributed by atoms with Gasteiger partial charge >= 0.3 is 5.97 Å². The first-order valence-corrected chi connectivity index (χ1v) is 10.3. The Balaban J connectivity index is 1.84. The molecule has 3 rings (SSSR count). The van der Waals surface area contributed by atoms with E-state index in [2.05, 4.69) is 5.32 Å². The van der Waals surface area contributed by atoms with Gasteiger partial charge in [0.25, 0.3) is 0 Å². The molecule has 0 unspecified atom stereocenters. The third kappa shape index (κ3) is 4.22. The van der Waals surface area contributed by atoms with Gasteiger partial charge in [0.1, 0.15) is 11.6 Å². The number of carbonyl (C=O) groups is 3. The lowest BCUT2D eigenvalue weighted by molar-refractivity contribution is -0.150. The van der Waals surface area contributed by atoms with Crippen LogP contribution in [-0.2, 0) is 19.1 Å². The largest absolute Gasteiger partial charge is 0.464 e. The summed E-state index contributed by atoms with van der Waals surface area (Å²) < 4.78 is 5.20. The molecule has 8 heteroatoms. The molecule has 3 aliphatic rings. The number of nitrogens with two attached hydrogens (primary N) is 1. The number of rotatable bonds is 2. The summed E-state index contributed by atoms with van der Waals surface area (Å²) in [6.45, 7) is 2.04. The number of aliphatic hydroxyl groups excluding tert-OH is 1. The Morgan fingerprint density at radius 2 is 2.18 bits per heavy atom. The molecular weight excluding hydrogens is 362 g/mol. The highest BCUT2D eigenvalue weighted by Crippen LogP contribution is 2.46. The summed E-state index contributed by atoms with van der Waals surface area (Å²) in [4.78, 5) is 39.7. The van der Waals surface area contributed by atoms with E-state index in [4.69, 9.17) is 10.5 Å². The SMILES string of the molecule is CCOC(=O)[C@@]12C[C@H]1/C=C\CCCCC[C@H](N)C(=O)N1C[C@@H](O)C[C@H]1C(=O)N2. The van der Waals surface area contributed by atoms with E-state index in [9.17, 15) is 19.5 Å². The van der Waals surface area contributed by atoms with E-state index >= 15 is 0 Å². The maximum Gasteiger partial charge on any atom is 0.332 e. The van der Waals surface area contributed by atoms with Crippen LogP contribution in [0.2, 0.25) is 0 Å². The average molecular weight is 393 g/mol. The number of esters is 1. The van der Waals surface area contributed by atoms with Crippen LogP contribution in [0.3, 0.4) is 0 Å². The third-order valence-electron chi connectivity index (χ3n) is 5.94. The van der Waals surface area contributed by atoms with Crippen molar-refractivity contribution < 1.29 is 24.2 Å². The van der Waals surface area contributed by atoms with Gasteiger partial charge in [0, 0.05) is 18.9 Å². The van der Waals surface area contributed by atoms with Crippen molar-refractivity contribution in [3.8, 4) is 0 Å². The fourth-order valence-corrected chi connectivity index (χ4v) is 4.22. The van der Waals surface area contributed by atoms with Crippen molar-refractivity contribution >= 4 is 17.8 Å². The number of fused-ring (bicyclic) bond motifs is 2. The van der Waals surface area contributed by atoms with Crippen molar-refractivity contribution in [1.82, 2.24) is 10.2 Å². The second-order valence-electron chi connectivity index (χ2n) is 8.06. The van der Waals surface area contributed by atoms with Crippen LogP contribution in [-0.4, -0.2) is 64.7 Å². The van der Waals surface area contributed by atoms with Gasteiger partial charge in [0.2, 0.25) is 11.8 Å². The van der Waals surface area contributed by atoms with Gasteiger partial charge in [0.05, 0.1) is 18.8 Å². The number of hydrogen-bond acceptors (Lipinski definition) is 6. The van der Waals surface area contributed by atoms with Gasteiger partial charge < -0.3 is 25.8 Å². The second kappa shape index (κ2) is 8.61. The van der Waals surface area contributed by atoms with Crippen LogP contribution < -0.4 is 11.1 Å². The molecule has 8 nitrogen and oxygen atoms in total. The van der Waals surface area contributed by atoms with Crippen LogP contribution >= 0.6 is 0 Å². The molecule has 0 aromatic carbocycles. The Kier molecular flexibility index (Phi) is 6.40. The van der Waals surface area contributed by atoms with Crippen molar-refractivity contribution in [3.63, 3.8) is 0 Å². The molecule has 1 saturated heterocycles. The standard InChI is InChI=1S/C20H31N3O5/c1-2-28-19(27)20-11-13(20)8-6-4-3-5-7-9-15(21)18(26)23-12-14(24)10-16(23)17(25)22-20/h6,8,13-16,24H,2-5,7,9-12,21H2,1H3,(H,22,25)/b8-6-/t13-,14+,15+,16+,20-/m1/s1. The van der Waals surface area contributed by atoms with Gasteiger partial charge in [-0.05, 0) is 32.6 Å². The fraction of sp³-hybridized carbons (Fsp3) is 0.750. The zero-order valence-corrected chi connectivity index (χ0v) is 16.4. The van der Waals surface area contributed by atoms with E-state index in [1.807, 2.05) is 12.2 Å². The lowest BCUT2D eigenvalue weighted by Gasteiger charge is -2.28. The van der Waals surface area contributed by atoms with E-state index in [0.29, 0.717) is 12.8 Å². The van der Waals surface area contributed by atoms with Crippen LogP contribution in [0, 0.1) is 5.92 Å². The minimum absolute atomic E-state index is 0.0837. The highest BCUT2D eigenvalue weighted by atomic mass is 16.5. The summed E-state index contributed by atoms with van der Waals surface area (Å²) >= 11 is 0. The Labute approximate surface area is 165 Å². The Morgan fingerprint density at radius 1 is 1.39 bits per heavy atom. The predicted octanol–water partition coefficient (Wildman–Crippen LogP) is 0.234. The van der Waals surface area contributed by atoms with Gasteiger partial charge in [-0.15, -0.1) is 0 Å². The van der Waals surface area contributed by atoms with Crippen LogP contribution in [0.5, 0.6) is 0 Å². The Bertz CT molecular complexity index is 652. The Morgan fingerprint density at radius 3 is 2.93 bits per heavy atom. The normalized spacial score (nSPS) is 37.8. The summed E-state index contributed by atoms with van der Waals surface area (Å²) in [5, 5.41) is 12.9. The molecule has 28 heavy (non-hydrogen) atoms. The molecular formula is C20H31N3O5. The highest BCUT2D eigenvalue weighted by Gasteiger charge is 2.62. The van der Waals surface area contributed by atoms with Gasteiger partial charge in [0.15, 0.2) is 0 Å². The van der Waals surface area contributed by atoms with E-state index in [1.165, 1.54) is 4.90 Å². The molecule has 5 atom stereocenters. The number of hydrogen-bond donors (Lipinski definition) is 3. The van der Waals surface area contributed by atoms with Crippen molar-refractivity contribution in [2.45, 2.75) is 75.6 Å². The maximum absolute atomic E-state index is 13.0. The molecule has 1 aliphatic carbocycles. The van der Waals surface area contributed by atoms with Crippen molar-refractivity contribution in [1.29, 1.82) is 0 Å². The average Bonchev–Trinajstić information content (AvgIpc) is 3.21. The second-order valence-corrected chi connectivity index (χ2v) is 8.06. The molecule has 0 radical (unpaired) electrons. The van der Waals surface area contributed by atoms with Crippen LogP contribution in [0.1, 0.15) is 51.9 Å². The molecule has 2 fully saturated rings. The smallest absolute Gasteiger partial charge is 0.332 e. The van der Waals surface area contributed by atoms with E-state index in [1.54, 1.807) is 6.92 Å². The van der Waals surface area contributed by atoms with Gasteiger partial charge in [-0.2, -0.15) is 0 Å². The number of ether oxygens (including phenoxy) is 1. The zero-order valence-electron chi connectivity index (χ0n) is 16.4.